The van der Waals surface area contributed by atoms with Gasteiger partial charge in [0.1, 0.15) is 11.3 Å². The van der Waals surface area contributed by atoms with E-state index in [9.17, 15) is 14.7 Å². The number of nitrogens with zero attached hydrogens (tertiary/aromatic N) is 1. The van der Waals surface area contributed by atoms with E-state index in [0.717, 1.165) is 12.8 Å². The minimum atomic E-state index is -0.904. The summed E-state index contributed by atoms with van der Waals surface area (Å²) in [6.45, 7) is 3.35. The summed E-state index contributed by atoms with van der Waals surface area (Å²) in [6, 6.07) is -0.361. The quantitative estimate of drug-likeness (QED) is 0.869. The van der Waals surface area contributed by atoms with E-state index in [1.165, 1.54) is 6.20 Å². The summed E-state index contributed by atoms with van der Waals surface area (Å²) in [4.78, 5) is 23.5. The number of nitrogens with one attached hydrogen (secondary N) is 1. The van der Waals surface area contributed by atoms with E-state index < -0.39 is 11.4 Å². The molecule has 2 atom stereocenters. The van der Waals surface area contributed by atoms with Crippen LogP contribution in [-0.4, -0.2) is 28.2 Å². The van der Waals surface area contributed by atoms with E-state index in [1.54, 1.807) is 13.8 Å². The highest BCUT2D eigenvalue weighted by Gasteiger charge is 2.44. The van der Waals surface area contributed by atoms with Crippen molar-refractivity contribution in [2.75, 3.05) is 0 Å². The maximum Gasteiger partial charge on any atom is 0.311 e. The van der Waals surface area contributed by atoms with E-state index in [0.29, 0.717) is 24.2 Å². The van der Waals surface area contributed by atoms with Gasteiger partial charge in [0.25, 0.3) is 5.91 Å². The summed E-state index contributed by atoms with van der Waals surface area (Å²) in [5.41, 5.74) is -0.544. The Morgan fingerprint density at radius 3 is 2.84 bits per heavy atom. The molecule has 1 heterocycles. The van der Waals surface area contributed by atoms with E-state index in [-0.39, 0.29) is 11.9 Å². The molecule has 2 rings (SSSR count). The van der Waals surface area contributed by atoms with Gasteiger partial charge < -0.3 is 14.9 Å². The fourth-order valence-electron chi connectivity index (χ4n) is 2.57. The topological polar surface area (TPSA) is 92.4 Å². The highest BCUT2D eigenvalue weighted by molar-refractivity contribution is 5.95. The zero-order chi connectivity index (χ0) is 14.0. The molecule has 19 heavy (non-hydrogen) atoms. The summed E-state index contributed by atoms with van der Waals surface area (Å²) in [7, 11) is 0. The van der Waals surface area contributed by atoms with Crippen molar-refractivity contribution in [3.05, 3.63) is 17.5 Å². The minimum Gasteiger partial charge on any atom is -0.481 e. The first kappa shape index (κ1) is 13.6. The predicted octanol–water partition coefficient (Wildman–Crippen LogP) is 1.75. The Hall–Kier alpha value is -1.85. The van der Waals surface area contributed by atoms with E-state index >= 15 is 0 Å². The Kier molecular flexibility index (Phi) is 3.59. The van der Waals surface area contributed by atoms with Crippen molar-refractivity contribution >= 4 is 11.9 Å². The third-order valence-electron chi connectivity index (χ3n) is 4.00. The predicted molar refractivity (Wildman–Crippen MR) is 66.7 cm³/mol. The Morgan fingerprint density at radius 1 is 1.53 bits per heavy atom. The Balaban J connectivity index is 2.15. The van der Waals surface area contributed by atoms with Crippen molar-refractivity contribution in [3.8, 4) is 0 Å². The second kappa shape index (κ2) is 5.03. The van der Waals surface area contributed by atoms with E-state index in [4.69, 9.17) is 4.52 Å². The smallest absolute Gasteiger partial charge is 0.311 e. The summed E-state index contributed by atoms with van der Waals surface area (Å²) in [5.74, 6) is -0.747. The molecule has 1 aromatic heterocycles. The Labute approximate surface area is 111 Å². The molecule has 1 fully saturated rings. The number of hydrogen-bond acceptors (Lipinski definition) is 4. The first-order valence-electron chi connectivity index (χ1n) is 6.40. The molecule has 104 valence electrons. The average Bonchev–Trinajstić information content (AvgIpc) is 2.78. The van der Waals surface area contributed by atoms with Crippen molar-refractivity contribution in [2.45, 2.75) is 45.6 Å². The van der Waals surface area contributed by atoms with Crippen molar-refractivity contribution < 1.29 is 19.2 Å². The fraction of sp³-hybridized carbons (Fsp3) is 0.615. The van der Waals surface area contributed by atoms with Crippen LogP contribution < -0.4 is 5.32 Å². The first-order chi connectivity index (χ1) is 8.95. The lowest BCUT2D eigenvalue weighted by Crippen LogP contribution is -2.52. The lowest BCUT2D eigenvalue weighted by Gasteiger charge is -2.38. The van der Waals surface area contributed by atoms with Crippen LogP contribution in [-0.2, 0) is 4.79 Å². The molecule has 1 amide bonds. The van der Waals surface area contributed by atoms with Crippen molar-refractivity contribution in [1.29, 1.82) is 0 Å². The molecule has 2 N–H and O–H groups in total. The zero-order valence-electron chi connectivity index (χ0n) is 11.1. The Bertz CT molecular complexity index is 497. The first-order valence-corrected chi connectivity index (χ1v) is 6.40. The lowest BCUT2D eigenvalue weighted by molar-refractivity contribution is -0.151. The maximum absolute atomic E-state index is 12.1. The average molecular weight is 266 g/mol. The number of rotatable bonds is 3. The molecule has 6 nitrogen and oxygen atoms in total. The lowest BCUT2D eigenvalue weighted by atomic mass is 9.71. The highest BCUT2D eigenvalue weighted by atomic mass is 16.5. The number of aliphatic carboxylic acids is 1. The maximum atomic E-state index is 12.1. The molecule has 0 saturated heterocycles. The van der Waals surface area contributed by atoms with Crippen molar-refractivity contribution in [2.24, 2.45) is 5.41 Å². The summed E-state index contributed by atoms with van der Waals surface area (Å²) < 4.78 is 4.85. The summed E-state index contributed by atoms with van der Waals surface area (Å²) >= 11 is 0. The van der Waals surface area contributed by atoms with Crippen LogP contribution in [0.4, 0.5) is 0 Å². The number of aryl methyl sites for hydroxylation is 1. The van der Waals surface area contributed by atoms with Gasteiger partial charge in [0, 0.05) is 6.04 Å². The number of carbonyl (C=O) groups is 2. The standard InChI is InChI=1S/C13H18N2O4/c1-8-9(7-14-19-8)11(16)15-10-5-3-4-6-13(10,2)12(17)18/h7,10H,3-6H2,1-2H3,(H,15,16)(H,17,18). The van der Waals surface area contributed by atoms with Gasteiger partial charge in [-0.05, 0) is 26.7 Å². The van der Waals surface area contributed by atoms with Crippen LogP contribution >= 0.6 is 0 Å². The fourth-order valence-corrected chi connectivity index (χ4v) is 2.57. The molecule has 0 aliphatic heterocycles. The second-order valence-electron chi connectivity index (χ2n) is 5.29. The molecule has 0 spiro atoms. The molecular weight excluding hydrogens is 248 g/mol. The van der Waals surface area contributed by atoms with Gasteiger partial charge in [-0.25, -0.2) is 0 Å². The molecule has 1 aliphatic rings. The van der Waals surface area contributed by atoms with Crippen LogP contribution in [0.3, 0.4) is 0 Å². The van der Waals surface area contributed by atoms with Crippen LogP contribution in [0.15, 0.2) is 10.7 Å². The molecule has 1 aliphatic carbocycles. The van der Waals surface area contributed by atoms with Gasteiger partial charge in [-0.1, -0.05) is 18.0 Å². The van der Waals surface area contributed by atoms with Crippen LogP contribution in [0.25, 0.3) is 0 Å². The molecule has 1 saturated carbocycles. The number of carbonyl (C=O) groups excluding carboxylic acids is 1. The molecule has 1 aromatic rings. The minimum absolute atomic E-state index is 0.321. The molecule has 0 aromatic carbocycles. The number of carboxylic acids is 1. The van der Waals surface area contributed by atoms with E-state index in [1.807, 2.05) is 0 Å². The monoisotopic (exact) mass is 266 g/mol. The number of hydrogen-bond donors (Lipinski definition) is 2. The van der Waals surface area contributed by atoms with Gasteiger partial charge in [0.2, 0.25) is 0 Å². The molecule has 6 heteroatoms. The van der Waals surface area contributed by atoms with Gasteiger partial charge in [-0.2, -0.15) is 0 Å². The normalized spacial score (nSPS) is 26.9. The van der Waals surface area contributed by atoms with Gasteiger partial charge in [-0.15, -0.1) is 0 Å². The van der Waals surface area contributed by atoms with Crippen molar-refractivity contribution in [1.82, 2.24) is 10.5 Å². The summed E-state index contributed by atoms with van der Waals surface area (Å²) in [5, 5.41) is 15.8. The third-order valence-corrected chi connectivity index (χ3v) is 4.00. The van der Waals surface area contributed by atoms with Gasteiger partial charge in [-0.3, -0.25) is 9.59 Å². The molecule has 0 bridgehead atoms. The molecular formula is C13H18N2O4. The van der Waals surface area contributed by atoms with Gasteiger partial charge in [0.15, 0.2) is 0 Å². The molecule has 0 radical (unpaired) electrons. The van der Waals surface area contributed by atoms with Crippen LogP contribution in [0.1, 0.15) is 48.7 Å². The Morgan fingerprint density at radius 2 is 2.26 bits per heavy atom. The van der Waals surface area contributed by atoms with Gasteiger partial charge in [0.05, 0.1) is 11.6 Å². The van der Waals surface area contributed by atoms with Gasteiger partial charge >= 0.3 is 5.97 Å². The zero-order valence-corrected chi connectivity index (χ0v) is 11.1. The van der Waals surface area contributed by atoms with Crippen LogP contribution in [0, 0.1) is 12.3 Å². The second-order valence-corrected chi connectivity index (χ2v) is 5.29. The highest BCUT2D eigenvalue weighted by Crippen LogP contribution is 2.36. The summed E-state index contributed by atoms with van der Waals surface area (Å²) in [6.07, 6.45) is 4.41. The molecule has 2 unspecified atom stereocenters. The largest absolute Gasteiger partial charge is 0.481 e. The third kappa shape index (κ3) is 2.47. The SMILES string of the molecule is Cc1oncc1C(=O)NC1CCCCC1(C)C(=O)O. The van der Waals surface area contributed by atoms with Crippen LogP contribution in [0.2, 0.25) is 0 Å². The number of carboxylic acid groups (broad SMARTS) is 1. The van der Waals surface area contributed by atoms with E-state index in [2.05, 4.69) is 10.5 Å². The number of amides is 1. The van der Waals surface area contributed by atoms with Crippen LogP contribution in [0.5, 0.6) is 0 Å². The van der Waals surface area contributed by atoms with Crippen molar-refractivity contribution in [3.63, 3.8) is 0 Å². The number of aromatic nitrogens is 1.